The van der Waals surface area contributed by atoms with E-state index in [1.807, 2.05) is 38.1 Å². The Morgan fingerprint density at radius 1 is 0.853 bits per heavy atom. The summed E-state index contributed by atoms with van der Waals surface area (Å²) in [5.41, 5.74) is 4.57. The van der Waals surface area contributed by atoms with E-state index in [0.717, 1.165) is 22.3 Å². The first-order valence-electron chi connectivity index (χ1n) is 11.8. The molecule has 2 aromatic rings. The van der Waals surface area contributed by atoms with Crippen LogP contribution in [0.15, 0.2) is 48.5 Å². The number of amides is 2. The highest BCUT2D eigenvalue weighted by molar-refractivity contribution is 5.82. The maximum absolute atomic E-state index is 12.9. The maximum Gasteiger partial charge on any atom is 0.407 e. The summed E-state index contributed by atoms with van der Waals surface area (Å²) in [5.74, 6) is -2.64. The third-order valence-electron chi connectivity index (χ3n) is 6.76. The third-order valence-corrected chi connectivity index (χ3v) is 6.76. The number of carboxylic acids is 1. The smallest absolute Gasteiger partial charge is 0.407 e. The number of benzene rings is 2. The number of carbonyl (C=O) groups is 3. The Hall–Kier alpha value is -3.35. The fraction of sp³-hybridized carbons (Fsp3) is 0.444. The van der Waals surface area contributed by atoms with Crippen LogP contribution in [-0.4, -0.2) is 41.8 Å². The summed E-state index contributed by atoms with van der Waals surface area (Å²) in [5, 5.41) is 14.8. The monoisotopic (exact) mass is 466 g/mol. The number of ether oxygens (including phenoxy) is 1. The quantitative estimate of drug-likeness (QED) is 0.508. The molecule has 3 rings (SSSR count). The summed E-state index contributed by atoms with van der Waals surface area (Å²) in [6.45, 7) is 8.96. The second kappa shape index (κ2) is 10.7. The van der Waals surface area contributed by atoms with E-state index in [1.165, 1.54) is 0 Å². The molecule has 0 spiro atoms. The van der Waals surface area contributed by atoms with Crippen LogP contribution < -0.4 is 10.6 Å². The van der Waals surface area contributed by atoms with E-state index in [9.17, 15) is 19.5 Å². The van der Waals surface area contributed by atoms with E-state index in [-0.39, 0.29) is 24.3 Å². The van der Waals surface area contributed by atoms with Gasteiger partial charge in [-0.05, 0) is 48.9 Å². The predicted octanol–water partition coefficient (Wildman–Crippen LogP) is 4.41. The molecule has 0 fully saturated rings. The lowest BCUT2D eigenvalue weighted by Crippen LogP contribution is -2.51. The van der Waals surface area contributed by atoms with Crippen molar-refractivity contribution >= 4 is 18.0 Å². The Balaban J connectivity index is 1.62. The third kappa shape index (κ3) is 5.41. The molecule has 34 heavy (non-hydrogen) atoms. The van der Waals surface area contributed by atoms with E-state index in [0.29, 0.717) is 0 Å². The molecule has 182 valence electrons. The van der Waals surface area contributed by atoms with Gasteiger partial charge in [-0.15, -0.1) is 0 Å². The van der Waals surface area contributed by atoms with E-state index < -0.39 is 36.0 Å². The average molecular weight is 467 g/mol. The SMILES string of the molecule is CC(C)C(C(=O)NC(C)C(C)C(=O)O)C(C)NC(=O)OCC1c2ccccc2-c2ccccc21. The summed E-state index contributed by atoms with van der Waals surface area (Å²) >= 11 is 0. The minimum atomic E-state index is -0.973. The van der Waals surface area contributed by atoms with Crippen LogP contribution in [0.2, 0.25) is 0 Å². The van der Waals surface area contributed by atoms with Crippen molar-refractivity contribution < 1.29 is 24.2 Å². The molecule has 1 aliphatic rings. The number of carbonyl (C=O) groups excluding carboxylic acids is 2. The molecule has 0 saturated heterocycles. The molecule has 7 nitrogen and oxygen atoms in total. The normalized spacial score (nSPS) is 16.1. The van der Waals surface area contributed by atoms with Gasteiger partial charge in [0.1, 0.15) is 6.61 Å². The molecule has 3 N–H and O–H groups in total. The number of alkyl carbamates (subject to hydrolysis) is 1. The lowest BCUT2D eigenvalue weighted by molar-refractivity contribution is -0.142. The second-order valence-corrected chi connectivity index (χ2v) is 9.45. The second-order valence-electron chi connectivity index (χ2n) is 9.45. The summed E-state index contributed by atoms with van der Waals surface area (Å²) in [4.78, 5) is 36.8. The molecule has 0 saturated carbocycles. The zero-order valence-corrected chi connectivity index (χ0v) is 20.4. The number of hydrogen-bond acceptors (Lipinski definition) is 4. The summed E-state index contributed by atoms with van der Waals surface area (Å²) in [7, 11) is 0. The lowest BCUT2D eigenvalue weighted by Gasteiger charge is -2.29. The molecule has 0 radical (unpaired) electrons. The summed E-state index contributed by atoms with van der Waals surface area (Å²) < 4.78 is 5.61. The van der Waals surface area contributed by atoms with Crippen molar-refractivity contribution in [2.45, 2.75) is 52.6 Å². The van der Waals surface area contributed by atoms with Crippen LogP contribution in [0, 0.1) is 17.8 Å². The Labute approximate surface area is 200 Å². The number of aliphatic carboxylic acids is 1. The largest absolute Gasteiger partial charge is 0.481 e. The van der Waals surface area contributed by atoms with Gasteiger partial charge in [0.25, 0.3) is 0 Å². The van der Waals surface area contributed by atoms with E-state index in [1.54, 1.807) is 20.8 Å². The van der Waals surface area contributed by atoms with Crippen LogP contribution >= 0.6 is 0 Å². The first kappa shape index (κ1) is 25.3. The molecule has 2 aromatic carbocycles. The highest BCUT2D eigenvalue weighted by Crippen LogP contribution is 2.44. The maximum atomic E-state index is 12.9. The van der Waals surface area contributed by atoms with Crippen molar-refractivity contribution in [3.8, 4) is 11.1 Å². The van der Waals surface area contributed by atoms with Crippen LogP contribution in [-0.2, 0) is 14.3 Å². The van der Waals surface area contributed by atoms with Gasteiger partial charge < -0.3 is 20.5 Å². The van der Waals surface area contributed by atoms with Crippen molar-refractivity contribution in [3.05, 3.63) is 59.7 Å². The van der Waals surface area contributed by atoms with Crippen LogP contribution in [0.25, 0.3) is 11.1 Å². The van der Waals surface area contributed by atoms with Crippen LogP contribution in [0.3, 0.4) is 0 Å². The lowest BCUT2D eigenvalue weighted by atomic mass is 9.88. The van der Waals surface area contributed by atoms with Gasteiger partial charge in [-0.3, -0.25) is 9.59 Å². The standard InChI is InChI=1S/C27H34N2O5/c1-15(2)24(25(30)28-17(4)16(3)26(31)32)18(5)29-27(33)34-14-23-21-12-8-6-10-19(21)20-11-7-9-13-22(20)23/h6-13,15-18,23-24H,14H2,1-5H3,(H,28,30)(H,29,33)(H,31,32). The molecule has 7 heteroatoms. The van der Waals surface area contributed by atoms with Gasteiger partial charge in [-0.25, -0.2) is 4.79 Å². The van der Waals surface area contributed by atoms with Gasteiger partial charge in [-0.2, -0.15) is 0 Å². The first-order valence-corrected chi connectivity index (χ1v) is 11.8. The number of fused-ring (bicyclic) bond motifs is 3. The first-order chi connectivity index (χ1) is 16.1. The minimum Gasteiger partial charge on any atom is -0.481 e. The van der Waals surface area contributed by atoms with Crippen molar-refractivity contribution in [3.63, 3.8) is 0 Å². The highest BCUT2D eigenvalue weighted by Gasteiger charge is 2.33. The van der Waals surface area contributed by atoms with Crippen LogP contribution in [0.4, 0.5) is 4.79 Å². The van der Waals surface area contributed by atoms with Gasteiger partial charge in [0.15, 0.2) is 0 Å². The van der Waals surface area contributed by atoms with Gasteiger partial charge in [-0.1, -0.05) is 62.4 Å². The molecule has 4 atom stereocenters. The number of hydrogen-bond donors (Lipinski definition) is 3. The fourth-order valence-corrected chi connectivity index (χ4v) is 4.68. The van der Waals surface area contributed by atoms with Crippen molar-refractivity contribution in [1.29, 1.82) is 0 Å². The molecule has 0 heterocycles. The van der Waals surface area contributed by atoms with E-state index >= 15 is 0 Å². The van der Waals surface area contributed by atoms with E-state index in [2.05, 4.69) is 34.9 Å². The molecule has 2 amide bonds. The molecule has 1 aliphatic carbocycles. The number of carboxylic acid groups (broad SMARTS) is 1. The minimum absolute atomic E-state index is 0.0454. The van der Waals surface area contributed by atoms with Crippen molar-refractivity contribution in [2.24, 2.45) is 17.8 Å². The molecular formula is C27H34N2O5. The molecule has 0 aromatic heterocycles. The molecule has 0 aliphatic heterocycles. The topological polar surface area (TPSA) is 105 Å². The number of nitrogens with one attached hydrogen (secondary N) is 2. The fourth-order valence-electron chi connectivity index (χ4n) is 4.68. The molecular weight excluding hydrogens is 432 g/mol. The van der Waals surface area contributed by atoms with Crippen LogP contribution in [0.1, 0.15) is 51.7 Å². The Morgan fingerprint density at radius 2 is 1.38 bits per heavy atom. The van der Waals surface area contributed by atoms with Crippen molar-refractivity contribution in [1.82, 2.24) is 10.6 Å². The Kier molecular flexibility index (Phi) is 7.97. The van der Waals surface area contributed by atoms with Gasteiger partial charge >= 0.3 is 12.1 Å². The van der Waals surface area contributed by atoms with Crippen LogP contribution in [0.5, 0.6) is 0 Å². The molecule has 4 unspecified atom stereocenters. The predicted molar refractivity (Wildman–Crippen MR) is 130 cm³/mol. The Bertz CT molecular complexity index is 1010. The summed E-state index contributed by atoms with van der Waals surface area (Å²) in [6.07, 6.45) is -0.584. The van der Waals surface area contributed by atoms with Gasteiger partial charge in [0.2, 0.25) is 5.91 Å². The molecule has 0 bridgehead atoms. The van der Waals surface area contributed by atoms with Crippen molar-refractivity contribution in [2.75, 3.05) is 6.61 Å². The highest BCUT2D eigenvalue weighted by atomic mass is 16.5. The zero-order valence-electron chi connectivity index (χ0n) is 20.4. The van der Waals surface area contributed by atoms with Gasteiger partial charge in [0, 0.05) is 18.0 Å². The van der Waals surface area contributed by atoms with Gasteiger partial charge in [0.05, 0.1) is 11.8 Å². The van der Waals surface area contributed by atoms with E-state index in [4.69, 9.17) is 4.74 Å². The number of rotatable bonds is 9. The Morgan fingerprint density at radius 3 is 1.88 bits per heavy atom. The zero-order chi connectivity index (χ0) is 25.0. The summed E-state index contributed by atoms with van der Waals surface area (Å²) in [6, 6.07) is 15.2. The average Bonchev–Trinajstić information content (AvgIpc) is 3.10.